The molecule has 0 aromatic heterocycles. The molecule has 1 unspecified atom stereocenters. The molecule has 0 aliphatic carbocycles. The topological polar surface area (TPSA) is 20.2 Å². The van der Waals surface area contributed by atoms with Crippen molar-refractivity contribution in [2.75, 3.05) is 6.26 Å². The van der Waals surface area contributed by atoms with Crippen molar-refractivity contribution in [1.29, 1.82) is 0 Å². The van der Waals surface area contributed by atoms with Gasteiger partial charge in [0.2, 0.25) is 0 Å². The van der Waals surface area contributed by atoms with Gasteiger partial charge in [0, 0.05) is 4.90 Å². The monoisotopic (exact) mass is 219 g/mol. The summed E-state index contributed by atoms with van der Waals surface area (Å²) in [5.74, 6) is 0. The van der Waals surface area contributed by atoms with E-state index in [0.29, 0.717) is 0 Å². The Labute approximate surface area is 92.3 Å². The Morgan fingerprint density at radius 3 is 2.33 bits per heavy atom. The Bertz CT molecular complexity index is 426. The van der Waals surface area contributed by atoms with Gasteiger partial charge < -0.3 is 4.55 Å². The second-order valence-electron chi connectivity index (χ2n) is 3.81. The normalized spacial score (nSPS) is 17.0. The lowest BCUT2D eigenvalue weighted by atomic mass is 10.2. The van der Waals surface area contributed by atoms with Crippen molar-refractivity contribution in [3.63, 3.8) is 0 Å². The van der Waals surface area contributed by atoms with Crippen LogP contribution >= 0.6 is 10.3 Å². The molecule has 0 amide bonds. The van der Waals surface area contributed by atoms with Gasteiger partial charge in [-0.3, -0.25) is 0 Å². The standard InChI is InChI=1S/C13H15OS/c1-11-7-9-13(10-8-11)15(2,14)12-5-3-4-6-12/h3-10,14H,1-2H3/q-1. The molecule has 0 saturated heterocycles. The van der Waals surface area contributed by atoms with Crippen molar-refractivity contribution < 1.29 is 4.55 Å². The summed E-state index contributed by atoms with van der Waals surface area (Å²) in [6.45, 7) is 2.05. The largest absolute Gasteiger partial charge is 0.345 e. The maximum Gasteiger partial charge on any atom is 0.0146 e. The molecule has 2 heteroatoms. The minimum atomic E-state index is -1.81. The summed E-state index contributed by atoms with van der Waals surface area (Å²) < 4.78 is 10.5. The number of benzene rings is 1. The first-order valence-corrected chi connectivity index (χ1v) is 6.90. The highest BCUT2D eigenvalue weighted by molar-refractivity contribution is 8.28. The first-order valence-electron chi connectivity index (χ1n) is 4.90. The lowest BCUT2D eigenvalue weighted by Gasteiger charge is -2.32. The molecule has 1 N–H and O–H groups in total. The van der Waals surface area contributed by atoms with Crippen molar-refractivity contribution >= 4 is 10.3 Å². The Morgan fingerprint density at radius 1 is 1.13 bits per heavy atom. The first-order chi connectivity index (χ1) is 7.10. The molecule has 0 radical (unpaired) electrons. The van der Waals surface area contributed by atoms with E-state index < -0.39 is 10.3 Å². The van der Waals surface area contributed by atoms with Crippen LogP contribution in [0.25, 0.3) is 0 Å². The van der Waals surface area contributed by atoms with Crippen LogP contribution in [0.4, 0.5) is 0 Å². The van der Waals surface area contributed by atoms with Gasteiger partial charge in [-0.05, 0) is 25.3 Å². The van der Waals surface area contributed by atoms with Gasteiger partial charge in [-0.1, -0.05) is 17.7 Å². The zero-order chi connectivity index (χ0) is 10.9. The fourth-order valence-electron chi connectivity index (χ4n) is 1.56. The van der Waals surface area contributed by atoms with E-state index in [0.717, 1.165) is 9.79 Å². The molecule has 0 spiro atoms. The molecule has 2 rings (SSSR count). The van der Waals surface area contributed by atoms with E-state index in [1.54, 1.807) is 0 Å². The third-order valence-corrected chi connectivity index (χ3v) is 4.95. The molecule has 2 aromatic rings. The van der Waals surface area contributed by atoms with E-state index in [4.69, 9.17) is 0 Å². The van der Waals surface area contributed by atoms with E-state index in [1.165, 1.54) is 5.56 Å². The van der Waals surface area contributed by atoms with E-state index in [9.17, 15) is 4.55 Å². The second-order valence-corrected chi connectivity index (χ2v) is 6.50. The van der Waals surface area contributed by atoms with E-state index in [2.05, 4.69) is 6.92 Å². The quantitative estimate of drug-likeness (QED) is 0.756. The molecule has 0 bridgehead atoms. The maximum atomic E-state index is 10.5. The summed E-state index contributed by atoms with van der Waals surface area (Å²) in [6, 6.07) is 16.0. The summed E-state index contributed by atoms with van der Waals surface area (Å²) in [6.07, 6.45) is 1.91. The molecular formula is C13H15OS-. The minimum absolute atomic E-state index is 1.01. The van der Waals surface area contributed by atoms with Gasteiger partial charge in [0.15, 0.2) is 0 Å². The first kappa shape index (κ1) is 10.4. The molecule has 2 aromatic carbocycles. The summed E-state index contributed by atoms with van der Waals surface area (Å²) >= 11 is 0. The maximum absolute atomic E-state index is 10.5. The van der Waals surface area contributed by atoms with Gasteiger partial charge in [-0.2, -0.15) is 18.2 Å². The van der Waals surface area contributed by atoms with E-state index >= 15 is 0 Å². The molecule has 80 valence electrons. The van der Waals surface area contributed by atoms with Crippen LogP contribution in [0.15, 0.2) is 58.3 Å². The second kappa shape index (κ2) is 3.80. The molecule has 0 heterocycles. The van der Waals surface area contributed by atoms with Crippen molar-refractivity contribution in [2.45, 2.75) is 16.7 Å². The highest BCUT2D eigenvalue weighted by Crippen LogP contribution is 2.55. The molecule has 0 aliphatic rings. The van der Waals surface area contributed by atoms with Crippen molar-refractivity contribution in [2.24, 2.45) is 0 Å². The zero-order valence-corrected chi connectivity index (χ0v) is 9.79. The van der Waals surface area contributed by atoms with Gasteiger partial charge in [0.1, 0.15) is 0 Å². The average molecular weight is 219 g/mol. The fourth-order valence-corrected chi connectivity index (χ4v) is 3.19. The van der Waals surface area contributed by atoms with Crippen LogP contribution in [-0.2, 0) is 0 Å². The van der Waals surface area contributed by atoms with E-state index in [-0.39, 0.29) is 0 Å². The number of rotatable bonds is 2. The fraction of sp³-hybridized carbons (Fsp3) is 0.154. The predicted octanol–water partition coefficient (Wildman–Crippen LogP) is 4.04. The van der Waals surface area contributed by atoms with Crippen LogP contribution in [0.3, 0.4) is 0 Å². The Morgan fingerprint density at radius 2 is 1.80 bits per heavy atom. The summed E-state index contributed by atoms with van der Waals surface area (Å²) in [5, 5.41) is 0. The third-order valence-electron chi connectivity index (χ3n) is 2.57. The van der Waals surface area contributed by atoms with Crippen LogP contribution < -0.4 is 0 Å². The van der Waals surface area contributed by atoms with E-state index in [1.807, 2.05) is 54.8 Å². The molecular weight excluding hydrogens is 204 g/mol. The SMILES string of the molecule is Cc1ccc(S(C)(O)c2ccc[cH-]2)cc1. The number of hydrogen-bond donors (Lipinski definition) is 1. The lowest BCUT2D eigenvalue weighted by Crippen LogP contribution is -1.96. The lowest BCUT2D eigenvalue weighted by molar-refractivity contribution is 0.630. The molecule has 0 fully saturated rings. The summed E-state index contributed by atoms with van der Waals surface area (Å²) in [5.41, 5.74) is 1.22. The molecule has 15 heavy (non-hydrogen) atoms. The van der Waals surface area contributed by atoms with Crippen molar-refractivity contribution in [1.82, 2.24) is 0 Å². The summed E-state index contributed by atoms with van der Waals surface area (Å²) in [7, 11) is -1.81. The minimum Gasteiger partial charge on any atom is -0.345 e. The van der Waals surface area contributed by atoms with Crippen molar-refractivity contribution in [3.05, 3.63) is 54.1 Å². The van der Waals surface area contributed by atoms with Gasteiger partial charge in [0.25, 0.3) is 0 Å². The van der Waals surface area contributed by atoms with Gasteiger partial charge in [-0.25, -0.2) is 6.07 Å². The van der Waals surface area contributed by atoms with Crippen LogP contribution in [0.1, 0.15) is 5.56 Å². The third kappa shape index (κ3) is 1.96. The van der Waals surface area contributed by atoms with Crippen LogP contribution in [0.5, 0.6) is 0 Å². The average Bonchev–Trinajstić information content (AvgIpc) is 2.71. The number of aryl methyl sites for hydroxylation is 1. The molecule has 0 saturated carbocycles. The number of hydrogen-bond acceptors (Lipinski definition) is 1. The zero-order valence-electron chi connectivity index (χ0n) is 8.97. The molecule has 1 nitrogen and oxygen atoms in total. The van der Waals surface area contributed by atoms with Crippen molar-refractivity contribution in [3.8, 4) is 0 Å². The van der Waals surface area contributed by atoms with Crippen LogP contribution in [-0.4, -0.2) is 10.8 Å². The van der Waals surface area contributed by atoms with Crippen LogP contribution in [0.2, 0.25) is 0 Å². The predicted molar refractivity (Wildman–Crippen MR) is 65.9 cm³/mol. The Balaban J connectivity index is 2.41. The van der Waals surface area contributed by atoms with Gasteiger partial charge >= 0.3 is 0 Å². The van der Waals surface area contributed by atoms with Gasteiger partial charge in [0.05, 0.1) is 0 Å². The Kier molecular flexibility index (Phi) is 2.63. The molecule has 0 aliphatic heterocycles. The highest BCUT2D eigenvalue weighted by atomic mass is 32.3. The summed E-state index contributed by atoms with van der Waals surface area (Å²) in [4.78, 5) is 2.03. The smallest absolute Gasteiger partial charge is 0.0146 e. The van der Waals surface area contributed by atoms with Crippen LogP contribution in [0, 0.1) is 6.92 Å². The highest BCUT2D eigenvalue weighted by Gasteiger charge is 2.15. The van der Waals surface area contributed by atoms with Gasteiger partial charge in [-0.15, -0.1) is 15.2 Å². The Hall–Kier alpha value is -1.12. The molecule has 1 atom stereocenters.